The van der Waals surface area contributed by atoms with E-state index in [1.807, 2.05) is 48.5 Å². The number of ether oxygens (including phenoxy) is 2. The van der Waals surface area contributed by atoms with Crippen molar-refractivity contribution < 1.29 is 13.9 Å². The Bertz CT molecular complexity index is 1150. The fraction of sp³-hybridized carbons (Fsp3) is 0.345. The lowest BCUT2D eigenvalue weighted by molar-refractivity contribution is 0.173. The predicted octanol–water partition coefficient (Wildman–Crippen LogP) is 5.16. The maximum atomic E-state index is 14.4. The zero-order valence-corrected chi connectivity index (χ0v) is 21.0. The molecule has 6 nitrogen and oxygen atoms in total. The van der Waals surface area contributed by atoms with Crippen LogP contribution >= 0.6 is 0 Å². The number of amidine groups is 1. The molecule has 3 N–H and O–H groups in total. The number of piperidine rings is 1. The molecule has 0 spiro atoms. The van der Waals surface area contributed by atoms with Gasteiger partial charge in [-0.25, -0.2) is 10.2 Å². The van der Waals surface area contributed by atoms with Crippen molar-refractivity contribution in [2.45, 2.75) is 31.2 Å². The highest BCUT2D eigenvalue weighted by Crippen LogP contribution is 2.40. The highest BCUT2D eigenvalue weighted by molar-refractivity contribution is 5.86. The number of methoxy groups -OCH3 is 2. The molecule has 1 saturated heterocycles. The van der Waals surface area contributed by atoms with Gasteiger partial charge in [-0.05, 0) is 61.5 Å². The highest BCUT2D eigenvalue weighted by atomic mass is 19.1. The first-order valence-corrected chi connectivity index (χ1v) is 12.4. The number of nitrogens with two attached hydrogens (primary N) is 1. The molecule has 1 unspecified atom stereocenters. The zero-order chi connectivity index (χ0) is 25.5. The normalized spacial score (nSPS) is 15.3. The van der Waals surface area contributed by atoms with E-state index < -0.39 is 6.04 Å². The molecule has 190 valence electrons. The lowest BCUT2D eigenvalue weighted by Crippen LogP contribution is -2.48. The molecule has 0 aromatic heterocycles. The molecule has 0 bridgehead atoms. The van der Waals surface area contributed by atoms with Crippen molar-refractivity contribution in [2.75, 3.05) is 33.9 Å². The quantitative estimate of drug-likeness (QED) is 0.188. The number of para-hydroxylation sites is 1. The van der Waals surface area contributed by atoms with Crippen LogP contribution in [0.3, 0.4) is 0 Å². The third-order valence-electron chi connectivity index (χ3n) is 7.02. The van der Waals surface area contributed by atoms with Crippen LogP contribution in [0.25, 0.3) is 0 Å². The Labute approximate surface area is 212 Å². The van der Waals surface area contributed by atoms with E-state index in [0.29, 0.717) is 37.0 Å². The maximum Gasteiger partial charge on any atom is 0.165 e. The molecule has 0 radical (unpaired) electrons. The monoisotopic (exact) mass is 490 g/mol. The molecule has 1 aliphatic heterocycles. The summed E-state index contributed by atoms with van der Waals surface area (Å²) in [6.45, 7) is 1.93. The fourth-order valence-corrected chi connectivity index (χ4v) is 5.09. The van der Waals surface area contributed by atoms with E-state index in [2.05, 4.69) is 17.0 Å². The zero-order valence-electron chi connectivity index (χ0n) is 21.0. The minimum absolute atomic E-state index is 0.149. The van der Waals surface area contributed by atoms with Gasteiger partial charge in [-0.3, -0.25) is 15.3 Å². The molecular formula is C29H35FN4O2. The molecule has 0 saturated carbocycles. The van der Waals surface area contributed by atoms with Crippen molar-refractivity contribution in [1.82, 2.24) is 9.91 Å². The molecule has 1 atom stereocenters. The van der Waals surface area contributed by atoms with Crippen molar-refractivity contribution in [1.29, 1.82) is 5.41 Å². The average molecular weight is 491 g/mol. The molecule has 3 aromatic carbocycles. The van der Waals surface area contributed by atoms with Gasteiger partial charge in [0.1, 0.15) is 11.7 Å². The number of hydrogen-bond acceptors (Lipinski definition) is 5. The number of nitrogens with one attached hydrogen (secondary N) is 1. The SMILES string of the molecule is COc1cccc(C(C(=N)N(N)CCc2ccccc2)N2CCC(c3ccccc3F)CC2)c1OC. The Kier molecular flexibility index (Phi) is 8.57. The molecule has 7 heteroatoms. The third kappa shape index (κ3) is 5.69. The molecule has 0 aliphatic carbocycles. The fourth-order valence-electron chi connectivity index (χ4n) is 5.09. The van der Waals surface area contributed by atoms with E-state index in [-0.39, 0.29) is 11.7 Å². The summed E-state index contributed by atoms with van der Waals surface area (Å²) in [7, 11) is 3.22. The Morgan fingerprint density at radius 1 is 1.00 bits per heavy atom. The summed E-state index contributed by atoms with van der Waals surface area (Å²) in [6.07, 6.45) is 2.33. The second kappa shape index (κ2) is 12.0. The number of nitrogens with zero attached hydrogens (tertiary/aromatic N) is 2. The van der Waals surface area contributed by atoms with Crippen LogP contribution < -0.4 is 15.3 Å². The minimum Gasteiger partial charge on any atom is -0.493 e. The smallest absolute Gasteiger partial charge is 0.165 e. The van der Waals surface area contributed by atoms with E-state index >= 15 is 0 Å². The van der Waals surface area contributed by atoms with Gasteiger partial charge in [-0.1, -0.05) is 60.7 Å². The molecular weight excluding hydrogens is 455 g/mol. The van der Waals surface area contributed by atoms with Crippen molar-refractivity contribution in [2.24, 2.45) is 5.84 Å². The summed E-state index contributed by atoms with van der Waals surface area (Å²) >= 11 is 0. The van der Waals surface area contributed by atoms with Crippen LogP contribution in [0, 0.1) is 11.2 Å². The van der Waals surface area contributed by atoms with Gasteiger partial charge >= 0.3 is 0 Å². The molecule has 36 heavy (non-hydrogen) atoms. The maximum absolute atomic E-state index is 14.4. The number of benzene rings is 3. The standard InChI is InChI=1S/C29H35FN4O2/c1-35-26-14-8-12-24(28(26)36-2)27(29(31)34(32)20-15-21-9-4-3-5-10-21)33-18-16-22(17-19-33)23-11-6-7-13-25(23)30/h3-14,22,27,31H,15-20,32H2,1-2H3. The van der Waals surface area contributed by atoms with Crippen LogP contribution in [0.2, 0.25) is 0 Å². The second-order valence-electron chi connectivity index (χ2n) is 9.13. The molecule has 1 fully saturated rings. The lowest BCUT2D eigenvalue weighted by Gasteiger charge is -2.40. The summed E-state index contributed by atoms with van der Waals surface area (Å²) in [5.74, 6) is 7.98. The van der Waals surface area contributed by atoms with E-state index in [1.165, 1.54) is 16.6 Å². The first-order chi connectivity index (χ1) is 17.5. The number of rotatable bonds is 9. The summed E-state index contributed by atoms with van der Waals surface area (Å²) in [4.78, 5) is 2.25. The van der Waals surface area contributed by atoms with Crippen LogP contribution in [-0.2, 0) is 6.42 Å². The van der Waals surface area contributed by atoms with Crippen molar-refractivity contribution in [3.05, 3.63) is 95.3 Å². The first-order valence-electron chi connectivity index (χ1n) is 12.4. The molecule has 3 aromatic rings. The largest absolute Gasteiger partial charge is 0.493 e. The number of halogens is 1. The number of hydrogen-bond donors (Lipinski definition) is 2. The topological polar surface area (TPSA) is 74.8 Å². The van der Waals surface area contributed by atoms with Gasteiger partial charge in [-0.15, -0.1) is 0 Å². The Balaban J connectivity index is 1.58. The van der Waals surface area contributed by atoms with Gasteiger partial charge in [0.2, 0.25) is 0 Å². The molecule has 1 aliphatic rings. The summed E-state index contributed by atoms with van der Waals surface area (Å²) in [5.41, 5.74) is 2.77. The third-order valence-corrected chi connectivity index (χ3v) is 7.02. The predicted molar refractivity (Wildman–Crippen MR) is 141 cm³/mol. The van der Waals surface area contributed by atoms with Crippen LogP contribution in [0.15, 0.2) is 72.8 Å². The molecule has 0 amide bonds. The van der Waals surface area contributed by atoms with E-state index in [1.54, 1.807) is 20.3 Å². The Morgan fingerprint density at radius 2 is 1.69 bits per heavy atom. The van der Waals surface area contributed by atoms with Crippen molar-refractivity contribution in [3.8, 4) is 11.5 Å². The van der Waals surface area contributed by atoms with Crippen LogP contribution in [0.5, 0.6) is 11.5 Å². The lowest BCUT2D eigenvalue weighted by atomic mass is 9.87. The van der Waals surface area contributed by atoms with Gasteiger partial charge in [0.15, 0.2) is 11.5 Å². The van der Waals surface area contributed by atoms with Gasteiger partial charge in [0.25, 0.3) is 0 Å². The summed E-state index contributed by atoms with van der Waals surface area (Å²) < 4.78 is 25.7. The highest BCUT2D eigenvalue weighted by Gasteiger charge is 2.34. The van der Waals surface area contributed by atoms with Gasteiger partial charge in [-0.2, -0.15) is 0 Å². The van der Waals surface area contributed by atoms with Gasteiger partial charge in [0.05, 0.1) is 20.3 Å². The summed E-state index contributed by atoms with van der Waals surface area (Å²) in [6, 6.07) is 22.5. The summed E-state index contributed by atoms with van der Waals surface area (Å²) in [5, 5.41) is 10.7. The molecule has 1 heterocycles. The Hall–Kier alpha value is -3.42. The first kappa shape index (κ1) is 25.7. The number of likely N-dealkylation sites (tertiary alicyclic amines) is 1. The van der Waals surface area contributed by atoms with Crippen LogP contribution in [0.4, 0.5) is 4.39 Å². The second-order valence-corrected chi connectivity index (χ2v) is 9.13. The van der Waals surface area contributed by atoms with Crippen molar-refractivity contribution >= 4 is 5.84 Å². The minimum atomic E-state index is -0.419. The van der Waals surface area contributed by atoms with Crippen molar-refractivity contribution in [3.63, 3.8) is 0 Å². The average Bonchev–Trinajstić information content (AvgIpc) is 2.93. The van der Waals surface area contributed by atoms with Crippen LogP contribution in [-0.4, -0.2) is 49.6 Å². The van der Waals surface area contributed by atoms with Crippen LogP contribution in [0.1, 0.15) is 41.5 Å². The number of hydrazine groups is 1. The van der Waals surface area contributed by atoms with E-state index in [0.717, 1.165) is 30.4 Å². The Morgan fingerprint density at radius 3 is 2.36 bits per heavy atom. The van der Waals surface area contributed by atoms with Gasteiger partial charge < -0.3 is 9.47 Å². The molecule has 4 rings (SSSR count). The van der Waals surface area contributed by atoms with E-state index in [4.69, 9.17) is 20.7 Å². The van der Waals surface area contributed by atoms with Gasteiger partial charge in [0, 0.05) is 12.1 Å². The van der Waals surface area contributed by atoms with E-state index in [9.17, 15) is 4.39 Å².